The first-order valence-corrected chi connectivity index (χ1v) is 12.7. The van der Waals surface area contributed by atoms with Gasteiger partial charge in [-0.25, -0.2) is 0 Å². The molecule has 0 fully saturated rings. The summed E-state index contributed by atoms with van der Waals surface area (Å²) in [5.41, 5.74) is 1.16. The lowest BCUT2D eigenvalue weighted by Crippen LogP contribution is -2.35. The number of hydrogen-bond acceptors (Lipinski definition) is 7. The van der Waals surface area contributed by atoms with Gasteiger partial charge in [0.2, 0.25) is 0 Å². The van der Waals surface area contributed by atoms with Gasteiger partial charge < -0.3 is 19.2 Å². The summed E-state index contributed by atoms with van der Waals surface area (Å²) in [7, 11) is 3.25. The van der Waals surface area contributed by atoms with Crippen LogP contribution in [0.25, 0.3) is 0 Å². The van der Waals surface area contributed by atoms with Gasteiger partial charge in [0.15, 0.2) is 0 Å². The summed E-state index contributed by atoms with van der Waals surface area (Å²) in [5, 5.41) is 11.3. The number of nitro groups is 1. The summed E-state index contributed by atoms with van der Waals surface area (Å²) < 4.78 is 18.2. The second-order valence-electron chi connectivity index (χ2n) is 8.12. The highest BCUT2D eigenvalue weighted by molar-refractivity contribution is 8.00. The normalized spacial score (nSPS) is 12.1. The fourth-order valence-corrected chi connectivity index (χ4v) is 5.29. The van der Waals surface area contributed by atoms with E-state index in [1.54, 1.807) is 14.2 Å². The minimum Gasteiger partial charge on any atom is -0.497 e. The van der Waals surface area contributed by atoms with Crippen LogP contribution in [0.15, 0.2) is 96.0 Å². The number of hydrogen-bond donors (Lipinski definition) is 1. The topological polar surface area (TPSA) is 86.6 Å². The SMILES string of the molecule is COc1ccc(C(OC(C)Sc2cc([N+](=O)[O-])c[nH]c2=S)(c2ccccc2)c2ccc(OC)cc2)cc1. The van der Waals surface area contributed by atoms with Gasteiger partial charge in [0.25, 0.3) is 5.69 Å². The molecule has 7 nitrogen and oxygen atoms in total. The Morgan fingerprint density at radius 3 is 1.89 bits per heavy atom. The molecule has 0 radical (unpaired) electrons. The molecule has 4 rings (SSSR count). The quantitative estimate of drug-likeness (QED) is 0.0579. The van der Waals surface area contributed by atoms with Crippen LogP contribution in [0.2, 0.25) is 0 Å². The molecule has 4 aromatic rings. The Balaban J connectivity index is 1.85. The van der Waals surface area contributed by atoms with Crippen LogP contribution in [0.4, 0.5) is 5.69 Å². The van der Waals surface area contributed by atoms with Crippen molar-refractivity contribution in [2.75, 3.05) is 14.2 Å². The summed E-state index contributed by atoms with van der Waals surface area (Å²) in [6.07, 6.45) is 1.29. The van der Waals surface area contributed by atoms with Gasteiger partial charge in [-0.2, -0.15) is 0 Å². The molecule has 1 heterocycles. The molecular formula is C28H26N2O5S2. The summed E-state index contributed by atoms with van der Waals surface area (Å²) in [6.45, 7) is 1.91. The van der Waals surface area contributed by atoms with E-state index >= 15 is 0 Å². The van der Waals surface area contributed by atoms with E-state index in [0.717, 1.165) is 28.2 Å². The summed E-state index contributed by atoms with van der Waals surface area (Å²) in [4.78, 5) is 14.2. The fraction of sp³-hybridized carbons (Fsp3) is 0.179. The zero-order valence-electron chi connectivity index (χ0n) is 20.5. The van der Waals surface area contributed by atoms with Crippen molar-refractivity contribution < 1.29 is 19.1 Å². The van der Waals surface area contributed by atoms with E-state index in [-0.39, 0.29) is 5.69 Å². The molecular weight excluding hydrogens is 508 g/mol. The smallest absolute Gasteiger partial charge is 0.286 e. The minimum absolute atomic E-state index is 0.0667. The van der Waals surface area contributed by atoms with Crippen molar-refractivity contribution in [3.63, 3.8) is 0 Å². The van der Waals surface area contributed by atoms with Crippen molar-refractivity contribution in [3.05, 3.63) is 123 Å². The Morgan fingerprint density at radius 2 is 1.41 bits per heavy atom. The zero-order valence-corrected chi connectivity index (χ0v) is 22.2. The largest absolute Gasteiger partial charge is 0.497 e. The Morgan fingerprint density at radius 1 is 0.892 bits per heavy atom. The van der Waals surface area contributed by atoms with Crippen LogP contribution >= 0.6 is 24.0 Å². The van der Waals surface area contributed by atoms with Crippen LogP contribution < -0.4 is 9.47 Å². The van der Waals surface area contributed by atoms with Crippen LogP contribution in [0.5, 0.6) is 11.5 Å². The first kappa shape index (κ1) is 26.4. The molecule has 0 saturated carbocycles. The lowest BCUT2D eigenvalue weighted by molar-refractivity contribution is -0.385. The molecule has 0 spiro atoms. The third-order valence-electron chi connectivity index (χ3n) is 5.87. The van der Waals surface area contributed by atoms with E-state index < -0.39 is 16.0 Å². The van der Waals surface area contributed by atoms with Crippen LogP contribution in [0.1, 0.15) is 23.6 Å². The first-order valence-electron chi connectivity index (χ1n) is 11.4. The number of nitrogens with one attached hydrogen (secondary N) is 1. The first-order chi connectivity index (χ1) is 17.9. The maximum Gasteiger partial charge on any atom is 0.286 e. The lowest BCUT2D eigenvalue weighted by Gasteiger charge is -2.38. The maximum absolute atomic E-state index is 11.3. The molecule has 9 heteroatoms. The number of pyridine rings is 1. The number of ether oxygens (including phenoxy) is 3. The van der Waals surface area contributed by atoms with E-state index in [1.165, 1.54) is 24.0 Å². The lowest BCUT2D eigenvalue weighted by atomic mass is 9.80. The Bertz CT molecular complexity index is 1360. The molecule has 37 heavy (non-hydrogen) atoms. The molecule has 3 aromatic carbocycles. The highest BCUT2D eigenvalue weighted by Gasteiger charge is 2.39. The van der Waals surface area contributed by atoms with E-state index in [4.69, 9.17) is 26.4 Å². The minimum atomic E-state index is -1.02. The predicted octanol–water partition coefficient (Wildman–Crippen LogP) is 7.12. The molecule has 1 N–H and O–H groups in total. The number of thioether (sulfide) groups is 1. The van der Waals surface area contributed by atoms with Crippen LogP contribution in [0.3, 0.4) is 0 Å². The predicted molar refractivity (Wildman–Crippen MR) is 147 cm³/mol. The van der Waals surface area contributed by atoms with Gasteiger partial charge in [-0.05, 0) is 47.9 Å². The summed E-state index contributed by atoms with van der Waals surface area (Å²) in [6, 6.07) is 26.9. The Labute approximate surface area is 224 Å². The standard InChI is InChI=1S/C28H26N2O5S2/c1-19(37-26-17-23(30(31)32)18-29-27(26)36)35-28(20-7-5-4-6-8-20,21-9-13-24(33-2)14-10-21)22-11-15-25(34-3)16-12-22/h4-19H,1-3H3,(H,29,36). The third-order valence-corrected chi connectivity index (χ3v) is 7.34. The number of nitrogens with zero attached hydrogens (tertiary/aromatic N) is 1. The number of aromatic nitrogens is 1. The highest BCUT2D eigenvalue weighted by Crippen LogP contribution is 2.44. The monoisotopic (exact) mass is 534 g/mol. The molecule has 0 amide bonds. The molecule has 0 aliphatic heterocycles. The molecule has 1 unspecified atom stereocenters. The average molecular weight is 535 g/mol. The van der Waals surface area contributed by atoms with Crippen molar-refractivity contribution in [1.29, 1.82) is 0 Å². The van der Waals surface area contributed by atoms with Gasteiger partial charge in [0, 0.05) is 6.07 Å². The van der Waals surface area contributed by atoms with Gasteiger partial charge in [0.05, 0.1) is 30.2 Å². The van der Waals surface area contributed by atoms with Crippen LogP contribution in [-0.2, 0) is 10.3 Å². The number of methoxy groups -OCH3 is 2. The maximum atomic E-state index is 11.3. The number of benzene rings is 3. The molecule has 1 aromatic heterocycles. The van der Waals surface area contributed by atoms with E-state index in [2.05, 4.69) is 4.98 Å². The zero-order chi connectivity index (χ0) is 26.4. The van der Waals surface area contributed by atoms with Gasteiger partial charge in [-0.3, -0.25) is 10.1 Å². The summed E-state index contributed by atoms with van der Waals surface area (Å²) >= 11 is 6.73. The molecule has 0 aliphatic carbocycles. The third kappa shape index (κ3) is 5.69. The molecule has 0 aliphatic rings. The van der Waals surface area contributed by atoms with E-state index in [0.29, 0.717) is 9.54 Å². The van der Waals surface area contributed by atoms with Crippen molar-refractivity contribution in [3.8, 4) is 11.5 Å². The number of rotatable bonds is 10. The second-order valence-corrected chi connectivity index (χ2v) is 9.86. The number of aromatic amines is 1. The number of H-pyrrole nitrogens is 1. The average Bonchev–Trinajstić information content (AvgIpc) is 2.93. The van der Waals surface area contributed by atoms with Crippen molar-refractivity contribution in [2.45, 2.75) is 22.9 Å². The van der Waals surface area contributed by atoms with Crippen molar-refractivity contribution >= 4 is 29.7 Å². The second kappa shape index (κ2) is 11.6. The van der Waals surface area contributed by atoms with Gasteiger partial charge in [-0.1, -0.05) is 78.6 Å². The molecule has 0 saturated heterocycles. The Kier molecular flexibility index (Phi) is 8.27. The van der Waals surface area contributed by atoms with Gasteiger partial charge in [0.1, 0.15) is 27.2 Å². The van der Waals surface area contributed by atoms with Crippen molar-refractivity contribution in [2.24, 2.45) is 0 Å². The van der Waals surface area contributed by atoms with Crippen molar-refractivity contribution in [1.82, 2.24) is 4.98 Å². The summed E-state index contributed by atoms with van der Waals surface area (Å²) in [5.74, 6) is 1.46. The van der Waals surface area contributed by atoms with E-state index in [1.807, 2.05) is 85.8 Å². The molecule has 1 atom stereocenters. The highest BCUT2D eigenvalue weighted by atomic mass is 32.2. The molecule has 0 bridgehead atoms. The van der Waals surface area contributed by atoms with Crippen LogP contribution in [-0.4, -0.2) is 29.6 Å². The van der Waals surface area contributed by atoms with Gasteiger partial charge >= 0.3 is 0 Å². The van der Waals surface area contributed by atoms with E-state index in [9.17, 15) is 10.1 Å². The molecule has 190 valence electrons. The van der Waals surface area contributed by atoms with Crippen LogP contribution in [0, 0.1) is 14.8 Å². The van der Waals surface area contributed by atoms with Gasteiger partial charge in [-0.15, -0.1) is 0 Å². The Hall–Kier alpha value is -3.66. The fourth-order valence-electron chi connectivity index (χ4n) is 4.13.